The molecule has 0 aliphatic rings. The highest BCUT2D eigenvalue weighted by Crippen LogP contribution is 2.30. The summed E-state index contributed by atoms with van der Waals surface area (Å²) < 4.78 is 29.3. The van der Waals surface area contributed by atoms with Crippen molar-refractivity contribution in [3.8, 4) is 0 Å². The van der Waals surface area contributed by atoms with Crippen molar-refractivity contribution in [1.29, 1.82) is 0 Å². The van der Waals surface area contributed by atoms with Gasteiger partial charge in [-0.3, -0.25) is 13.9 Å². The zero-order valence-corrected chi connectivity index (χ0v) is 25.7. The first-order chi connectivity index (χ1) is 18.4. The van der Waals surface area contributed by atoms with Crippen molar-refractivity contribution in [3.05, 3.63) is 92.9 Å². The van der Waals surface area contributed by atoms with Crippen LogP contribution in [-0.4, -0.2) is 44.3 Å². The van der Waals surface area contributed by atoms with Gasteiger partial charge in [0.05, 0.1) is 10.6 Å². The molecule has 2 amide bonds. The lowest BCUT2D eigenvalue weighted by atomic mass is 10.1. The van der Waals surface area contributed by atoms with Gasteiger partial charge in [0.2, 0.25) is 11.8 Å². The molecule has 208 valence electrons. The fourth-order valence-corrected chi connectivity index (χ4v) is 6.18. The molecule has 0 radical (unpaired) electrons. The Morgan fingerprint density at radius 2 is 1.56 bits per heavy atom. The van der Waals surface area contributed by atoms with Crippen molar-refractivity contribution in [2.24, 2.45) is 5.92 Å². The van der Waals surface area contributed by atoms with E-state index in [-0.39, 0.29) is 39.0 Å². The summed E-state index contributed by atoms with van der Waals surface area (Å²) in [5.74, 6) is -0.692. The number of rotatable bonds is 11. The summed E-state index contributed by atoms with van der Waals surface area (Å²) in [7, 11) is -4.20. The van der Waals surface area contributed by atoms with Gasteiger partial charge in [-0.2, -0.15) is 0 Å². The van der Waals surface area contributed by atoms with E-state index in [4.69, 9.17) is 23.2 Å². The molecule has 3 rings (SSSR count). The van der Waals surface area contributed by atoms with E-state index in [0.29, 0.717) is 6.54 Å². The number of halogens is 3. The quantitative estimate of drug-likeness (QED) is 0.269. The predicted molar refractivity (Wildman–Crippen MR) is 159 cm³/mol. The van der Waals surface area contributed by atoms with E-state index in [9.17, 15) is 18.0 Å². The lowest BCUT2D eigenvalue weighted by molar-refractivity contribution is -0.139. The van der Waals surface area contributed by atoms with Crippen molar-refractivity contribution in [2.45, 2.75) is 38.3 Å². The maximum Gasteiger partial charge on any atom is 0.264 e. The van der Waals surface area contributed by atoms with E-state index in [0.717, 1.165) is 14.3 Å². The summed E-state index contributed by atoms with van der Waals surface area (Å²) >= 11 is 15.8. The van der Waals surface area contributed by atoms with Crippen LogP contribution in [-0.2, 0) is 26.2 Å². The summed E-state index contributed by atoms with van der Waals surface area (Å²) in [6.07, 6.45) is 0. The molecule has 0 spiro atoms. The third kappa shape index (κ3) is 8.45. The highest BCUT2D eigenvalue weighted by atomic mass is 79.9. The van der Waals surface area contributed by atoms with Crippen LogP contribution >= 0.6 is 39.1 Å². The number of sulfonamides is 1. The Hall–Kier alpha value is -2.59. The second-order valence-corrected chi connectivity index (χ2v) is 13.1. The number of amides is 2. The smallest absolute Gasteiger partial charge is 0.264 e. The molecule has 1 N–H and O–H groups in total. The van der Waals surface area contributed by atoms with Gasteiger partial charge in [-0.05, 0) is 60.9 Å². The highest BCUT2D eigenvalue weighted by molar-refractivity contribution is 9.10. The average molecular weight is 655 g/mol. The molecule has 0 aliphatic carbocycles. The topological polar surface area (TPSA) is 86.8 Å². The van der Waals surface area contributed by atoms with E-state index >= 15 is 0 Å². The van der Waals surface area contributed by atoms with Gasteiger partial charge >= 0.3 is 0 Å². The summed E-state index contributed by atoms with van der Waals surface area (Å²) in [4.78, 5) is 28.3. The maximum atomic E-state index is 13.9. The Bertz CT molecular complexity index is 1400. The molecule has 0 saturated heterocycles. The summed E-state index contributed by atoms with van der Waals surface area (Å²) in [6, 6.07) is 18.6. The van der Waals surface area contributed by atoms with Crippen LogP contribution in [0.15, 0.2) is 82.2 Å². The average Bonchev–Trinajstić information content (AvgIpc) is 2.88. The Labute approximate surface area is 248 Å². The molecule has 0 heterocycles. The van der Waals surface area contributed by atoms with Gasteiger partial charge in [0.15, 0.2) is 0 Å². The first-order valence-electron chi connectivity index (χ1n) is 12.2. The number of benzene rings is 3. The van der Waals surface area contributed by atoms with Gasteiger partial charge < -0.3 is 10.2 Å². The van der Waals surface area contributed by atoms with Gasteiger partial charge in [-0.1, -0.05) is 83.3 Å². The molecule has 0 saturated carbocycles. The minimum atomic E-state index is -4.20. The van der Waals surface area contributed by atoms with Crippen molar-refractivity contribution >= 4 is 66.7 Å². The van der Waals surface area contributed by atoms with Crippen LogP contribution in [0, 0.1) is 5.92 Å². The molecule has 1 unspecified atom stereocenters. The van der Waals surface area contributed by atoms with Gasteiger partial charge in [-0.25, -0.2) is 8.42 Å². The third-order valence-corrected chi connectivity index (χ3v) is 8.56. The molecule has 0 bridgehead atoms. The second-order valence-electron chi connectivity index (χ2n) is 9.42. The van der Waals surface area contributed by atoms with E-state index in [2.05, 4.69) is 21.2 Å². The van der Waals surface area contributed by atoms with Gasteiger partial charge in [-0.15, -0.1) is 0 Å². The third-order valence-electron chi connectivity index (χ3n) is 5.84. The Morgan fingerprint density at radius 3 is 2.15 bits per heavy atom. The molecule has 0 aromatic heterocycles. The molecule has 0 fully saturated rings. The number of carbonyl (C=O) groups excluding carboxylic acids is 2. The number of anilines is 1. The van der Waals surface area contributed by atoms with E-state index < -0.39 is 28.5 Å². The van der Waals surface area contributed by atoms with Crippen LogP contribution in [0.3, 0.4) is 0 Å². The SMILES string of the molecule is CC(C)CNC(=O)C(C)N(Cc1cccc(Br)c1)C(=O)CN(c1cc(Cl)cc(Cl)c1)S(=O)(=O)c1ccccc1. The van der Waals surface area contributed by atoms with Crippen LogP contribution < -0.4 is 9.62 Å². The summed E-state index contributed by atoms with van der Waals surface area (Å²) in [5.41, 5.74) is 0.897. The number of nitrogens with zero attached hydrogens (tertiary/aromatic N) is 2. The van der Waals surface area contributed by atoms with Crippen molar-refractivity contribution in [3.63, 3.8) is 0 Å². The van der Waals surface area contributed by atoms with Gasteiger partial charge in [0.1, 0.15) is 12.6 Å². The number of carbonyl (C=O) groups is 2. The molecular formula is C28H30BrCl2N3O4S. The first-order valence-corrected chi connectivity index (χ1v) is 15.2. The molecule has 3 aromatic rings. The number of hydrogen-bond donors (Lipinski definition) is 1. The molecule has 39 heavy (non-hydrogen) atoms. The Balaban J connectivity index is 2.03. The van der Waals surface area contributed by atoms with E-state index in [1.54, 1.807) is 25.1 Å². The fraction of sp³-hybridized carbons (Fsp3) is 0.286. The minimum Gasteiger partial charge on any atom is -0.354 e. The first kappa shape index (κ1) is 30.9. The Morgan fingerprint density at radius 1 is 0.923 bits per heavy atom. The molecular weight excluding hydrogens is 625 g/mol. The monoisotopic (exact) mass is 653 g/mol. The second kappa shape index (κ2) is 13.7. The van der Waals surface area contributed by atoms with Crippen molar-refractivity contribution < 1.29 is 18.0 Å². The largest absolute Gasteiger partial charge is 0.354 e. The van der Waals surface area contributed by atoms with Crippen LogP contribution in [0.4, 0.5) is 5.69 Å². The molecule has 0 aliphatic heterocycles. The zero-order valence-electron chi connectivity index (χ0n) is 21.8. The molecule has 1 atom stereocenters. The lowest BCUT2D eigenvalue weighted by Gasteiger charge is -2.32. The minimum absolute atomic E-state index is 0.00448. The Kier molecular flexibility index (Phi) is 10.8. The summed E-state index contributed by atoms with van der Waals surface area (Å²) in [5, 5.41) is 3.29. The van der Waals surface area contributed by atoms with E-state index in [1.165, 1.54) is 35.2 Å². The zero-order chi connectivity index (χ0) is 28.7. The normalized spacial score (nSPS) is 12.2. The van der Waals surface area contributed by atoms with Crippen LogP contribution in [0.5, 0.6) is 0 Å². The number of hydrogen-bond acceptors (Lipinski definition) is 4. The van der Waals surface area contributed by atoms with Gasteiger partial charge in [0.25, 0.3) is 10.0 Å². The summed E-state index contributed by atoms with van der Waals surface area (Å²) in [6.45, 7) is 5.51. The van der Waals surface area contributed by atoms with E-state index in [1.807, 2.05) is 38.1 Å². The van der Waals surface area contributed by atoms with Crippen molar-refractivity contribution in [1.82, 2.24) is 10.2 Å². The highest BCUT2D eigenvalue weighted by Gasteiger charge is 2.32. The predicted octanol–water partition coefficient (Wildman–Crippen LogP) is 6.14. The fourth-order valence-electron chi connectivity index (χ4n) is 3.80. The molecule has 7 nitrogen and oxygen atoms in total. The maximum absolute atomic E-state index is 13.9. The van der Waals surface area contributed by atoms with Gasteiger partial charge in [0, 0.05) is 27.6 Å². The lowest BCUT2D eigenvalue weighted by Crippen LogP contribution is -2.51. The molecule has 11 heteroatoms. The van der Waals surface area contributed by atoms with Crippen molar-refractivity contribution in [2.75, 3.05) is 17.4 Å². The number of nitrogens with one attached hydrogen (secondary N) is 1. The van der Waals surface area contributed by atoms with Crippen LogP contribution in [0.2, 0.25) is 10.0 Å². The molecule has 3 aromatic carbocycles. The van der Waals surface area contributed by atoms with Crippen LogP contribution in [0.1, 0.15) is 26.3 Å². The standard InChI is InChI=1S/C28H30BrCl2N3O4S/c1-19(2)16-32-28(36)20(3)33(17-21-8-7-9-22(29)12-21)27(35)18-34(25-14-23(30)13-24(31)15-25)39(37,38)26-10-5-4-6-11-26/h4-15,19-20H,16-18H2,1-3H3,(H,32,36). The van der Waals surface area contributed by atoms with Crippen LogP contribution in [0.25, 0.3) is 0 Å².